The van der Waals surface area contributed by atoms with Crippen LogP contribution in [-0.2, 0) is 9.47 Å². The first-order valence-electron chi connectivity index (χ1n) is 10.5. The third-order valence-corrected chi connectivity index (χ3v) is 6.60. The van der Waals surface area contributed by atoms with Crippen LogP contribution in [0.1, 0.15) is 55.0 Å². The van der Waals surface area contributed by atoms with Gasteiger partial charge in [0.2, 0.25) is 0 Å². The molecule has 1 atom stereocenters. The van der Waals surface area contributed by atoms with E-state index in [9.17, 15) is 0 Å². The van der Waals surface area contributed by atoms with E-state index < -0.39 is 0 Å². The minimum atomic E-state index is -0.0347. The number of nitrogens with one attached hydrogen (secondary N) is 1. The van der Waals surface area contributed by atoms with Gasteiger partial charge in [0.05, 0.1) is 22.8 Å². The lowest BCUT2D eigenvalue weighted by Gasteiger charge is -2.30. The Balaban J connectivity index is 1.60. The number of imidazole rings is 1. The summed E-state index contributed by atoms with van der Waals surface area (Å²) in [7, 11) is 1.81. The molecule has 2 aliphatic rings. The van der Waals surface area contributed by atoms with Gasteiger partial charge in [-0.1, -0.05) is 11.2 Å². The smallest absolute Gasteiger partial charge is 0.257 e. The van der Waals surface area contributed by atoms with Gasteiger partial charge in [0.15, 0.2) is 0 Å². The quantitative estimate of drug-likeness (QED) is 0.621. The molecule has 3 aromatic rings. The molecule has 2 fully saturated rings. The summed E-state index contributed by atoms with van der Waals surface area (Å²) in [5, 5.41) is 7.81. The van der Waals surface area contributed by atoms with E-state index in [1.807, 2.05) is 13.8 Å². The molecular weight excluding hydrogens is 400 g/mol. The van der Waals surface area contributed by atoms with Crippen molar-refractivity contribution in [3.05, 3.63) is 35.5 Å². The van der Waals surface area contributed by atoms with Crippen molar-refractivity contribution < 1.29 is 14.0 Å². The molecule has 5 rings (SSSR count). The second-order valence-electron chi connectivity index (χ2n) is 8.20. The topological polar surface area (TPSA) is 74.3 Å². The van der Waals surface area contributed by atoms with Crippen LogP contribution in [0.2, 0.25) is 0 Å². The fourth-order valence-electron chi connectivity index (χ4n) is 4.86. The lowest BCUT2D eigenvalue weighted by atomic mass is 9.92. The van der Waals surface area contributed by atoms with Gasteiger partial charge >= 0.3 is 0 Å². The Labute approximate surface area is 180 Å². The van der Waals surface area contributed by atoms with Crippen LogP contribution >= 0.6 is 12.2 Å². The molecule has 0 radical (unpaired) electrons. The zero-order chi connectivity index (χ0) is 20.8. The molecule has 0 spiro atoms. The minimum absolute atomic E-state index is 0.0347. The molecule has 158 valence electrons. The number of ether oxygens (including phenoxy) is 2. The number of fused-ring (bicyclic) bond motifs is 1. The summed E-state index contributed by atoms with van der Waals surface area (Å²) < 4.78 is 18.9. The minimum Gasteiger partial charge on any atom is -0.468 e. The lowest BCUT2D eigenvalue weighted by Crippen LogP contribution is -2.27. The Bertz CT molecular complexity index is 1080. The van der Waals surface area contributed by atoms with Crippen LogP contribution in [0, 0.1) is 13.8 Å². The van der Waals surface area contributed by atoms with Crippen LogP contribution in [0.3, 0.4) is 0 Å². The van der Waals surface area contributed by atoms with Crippen molar-refractivity contribution in [1.82, 2.24) is 20.0 Å². The van der Waals surface area contributed by atoms with E-state index in [0.717, 1.165) is 65.1 Å². The molecule has 0 bridgehead atoms. The Hall–Kier alpha value is -2.45. The normalized spacial score (nSPS) is 24.2. The maximum absolute atomic E-state index is 5.58. The van der Waals surface area contributed by atoms with Crippen molar-refractivity contribution in [2.45, 2.75) is 57.7 Å². The Morgan fingerprint density at radius 3 is 2.63 bits per heavy atom. The molecule has 1 saturated heterocycles. The van der Waals surface area contributed by atoms with Gasteiger partial charge in [-0.3, -0.25) is 0 Å². The Morgan fingerprint density at radius 2 is 2.00 bits per heavy atom. The average Bonchev–Trinajstić information content (AvgIpc) is 3.44. The van der Waals surface area contributed by atoms with Crippen LogP contribution in [0.4, 0.5) is 0 Å². The average molecular weight is 427 g/mol. The number of aromatic nitrogens is 3. The first-order chi connectivity index (χ1) is 14.5. The summed E-state index contributed by atoms with van der Waals surface area (Å²) in [6.45, 7) is 4.42. The number of rotatable bonds is 4. The molecule has 0 amide bonds. The van der Waals surface area contributed by atoms with Crippen LogP contribution in [-0.4, -0.2) is 39.7 Å². The number of aryl methyl sites for hydroxylation is 2. The molecule has 3 heterocycles. The highest BCUT2D eigenvalue weighted by Crippen LogP contribution is 2.37. The van der Waals surface area contributed by atoms with Crippen LogP contribution in [0.5, 0.6) is 0 Å². The summed E-state index contributed by atoms with van der Waals surface area (Å²) in [4.78, 5) is 5.05. The van der Waals surface area contributed by atoms with Crippen LogP contribution in [0.25, 0.3) is 22.2 Å². The molecule has 7 nitrogen and oxygen atoms in total. The van der Waals surface area contributed by atoms with E-state index in [2.05, 4.69) is 33.2 Å². The Morgan fingerprint density at radius 1 is 1.20 bits per heavy atom. The number of thiocarbonyl (C=S) groups is 1. The van der Waals surface area contributed by atoms with Crippen molar-refractivity contribution in [1.29, 1.82) is 0 Å². The molecule has 1 saturated carbocycles. The molecule has 1 aliphatic heterocycles. The zero-order valence-electron chi connectivity index (χ0n) is 17.5. The second-order valence-corrected chi connectivity index (χ2v) is 8.58. The zero-order valence-corrected chi connectivity index (χ0v) is 18.3. The number of benzene rings is 1. The molecule has 1 N–H and O–H groups in total. The van der Waals surface area contributed by atoms with E-state index in [0.29, 0.717) is 23.9 Å². The summed E-state index contributed by atoms with van der Waals surface area (Å²) in [5.41, 5.74) is 5.11. The lowest BCUT2D eigenvalue weighted by molar-refractivity contribution is 0.0584. The Kier molecular flexibility index (Phi) is 4.99. The number of methoxy groups -OCH3 is 1. The number of hydrogen-bond donors (Lipinski definition) is 1. The largest absolute Gasteiger partial charge is 0.468 e. The van der Waals surface area contributed by atoms with E-state index >= 15 is 0 Å². The number of hydrogen-bond acceptors (Lipinski definition) is 6. The molecule has 8 heteroatoms. The van der Waals surface area contributed by atoms with Gasteiger partial charge < -0.3 is 23.9 Å². The summed E-state index contributed by atoms with van der Waals surface area (Å²) in [5.74, 6) is 1.81. The van der Waals surface area contributed by atoms with E-state index in [1.165, 1.54) is 0 Å². The van der Waals surface area contributed by atoms with Crippen molar-refractivity contribution in [2.24, 2.45) is 0 Å². The van der Waals surface area contributed by atoms with Crippen LogP contribution in [0.15, 0.2) is 22.7 Å². The van der Waals surface area contributed by atoms with Gasteiger partial charge in [-0.25, -0.2) is 4.98 Å². The van der Waals surface area contributed by atoms with Crippen molar-refractivity contribution in [3.63, 3.8) is 0 Å². The van der Waals surface area contributed by atoms with Gasteiger partial charge in [0.25, 0.3) is 5.17 Å². The highest BCUT2D eigenvalue weighted by atomic mass is 32.1. The summed E-state index contributed by atoms with van der Waals surface area (Å²) >= 11 is 5.21. The predicted octanol–water partition coefficient (Wildman–Crippen LogP) is 4.38. The van der Waals surface area contributed by atoms with Crippen molar-refractivity contribution >= 4 is 28.4 Å². The van der Waals surface area contributed by atoms with E-state index in [1.54, 1.807) is 7.11 Å². The highest BCUT2D eigenvalue weighted by Gasteiger charge is 2.32. The SMILES string of the molecule is CO[C@H]1CC[C@H](n2c([C@@H]3COC(=S)N3)nc3cc(-c4c(C)noc4C)ccc32)CC1. The molecule has 1 aliphatic carbocycles. The van der Waals surface area contributed by atoms with Gasteiger partial charge in [-0.2, -0.15) is 0 Å². The van der Waals surface area contributed by atoms with E-state index in [-0.39, 0.29) is 6.04 Å². The van der Waals surface area contributed by atoms with Crippen LogP contribution < -0.4 is 5.32 Å². The second kappa shape index (κ2) is 7.67. The number of nitrogens with zero attached hydrogens (tertiary/aromatic N) is 3. The maximum Gasteiger partial charge on any atom is 0.257 e. The fraction of sp³-hybridized carbons (Fsp3) is 0.500. The molecule has 1 aromatic carbocycles. The standard InChI is InChI=1S/C22H26N4O3S/c1-12-20(13(2)29-25-12)14-4-9-19-17(10-14)23-21(18-11-28-22(30)24-18)26(19)15-5-7-16(27-3)8-6-15/h4,9-10,15-16,18H,5-8,11H2,1-3H3,(H,24,30)/t15-,16-,18-/m0/s1. The first kappa shape index (κ1) is 19.5. The monoisotopic (exact) mass is 426 g/mol. The fourth-order valence-corrected chi connectivity index (χ4v) is 5.07. The molecular formula is C22H26N4O3S. The van der Waals surface area contributed by atoms with Gasteiger partial charge in [0, 0.05) is 18.7 Å². The highest BCUT2D eigenvalue weighted by molar-refractivity contribution is 7.80. The van der Waals surface area contributed by atoms with E-state index in [4.69, 9.17) is 31.2 Å². The molecule has 30 heavy (non-hydrogen) atoms. The molecule has 0 unspecified atom stereocenters. The summed E-state index contributed by atoms with van der Waals surface area (Å²) in [6, 6.07) is 6.80. The molecule has 2 aromatic heterocycles. The van der Waals surface area contributed by atoms with Gasteiger partial charge in [-0.05, 0) is 69.4 Å². The maximum atomic E-state index is 5.58. The van der Waals surface area contributed by atoms with Crippen molar-refractivity contribution in [2.75, 3.05) is 13.7 Å². The van der Waals surface area contributed by atoms with Crippen molar-refractivity contribution in [3.8, 4) is 11.1 Å². The predicted molar refractivity (Wildman–Crippen MR) is 117 cm³/mol. The summed E-state index contributed by atoms with van der Waals surface area (Å²) in [6.07, 6.45) is 4.61. The van der Waals surface area contributed by atoms with Gasteiger partial charge in [0.1, 0.15) is 24.2 Å². The van der Waals surface area contributed by atoms with Gasteiger partial charge in [-0.15, -0.1) is 0 Å². The third-order valence-electron chi connectivity index (χ3n) is 6.37. The third kappa shape index (κ3) is 3.28. The first-order valence-corrected chi connectivity index (χ1v) is 10.9.